The highest BCUT2D eigenvalue weighted by Crippen LogP contribution is 2.32. The topological polar surface area (TPSA) is 107 Å². The fraction of sp³-hybridized carbons (Fsp3) is 0.500. The molecule has 21 heavy (non-hydrogen) atoms. The minimum absolute atomic E-state index is 0.0232. The van der Waals surface area contributed by atoms with Crippen molar-refractivity contribution in [1.82, 2.24) is 30.2 Å². The average molecular weight is 306 g/mol. The lowest BCUT2D eigenvalue weighted by molar-refractivity contribution is 0.0689. The van der Waals surface area contributed by atoms with Crippen LogP contribution in [0.3, 0.4) is 0 Å². The van der Waals surface area contributed by atoms with Crippen LogP contribution in [0.1, 0.15) is 47.9 Å². The highest BCUT2D eigenvalue weighted by Gasteiger charge is 2.22. The van der Waals surface area contributed by atoms with E-state index in [4.69, 9.17) is 5.11 Å². The fourth-order valence-electron chi connectivity index (χ4n) is 2.41. The average Bonchev–Trinajstić information content (AvgIpc) is 3.08. The molecule has 0 spiro atoms. The molecule has 0 radical (unpaired) electrons. The van der Waals surface area contributed by atoms with Gasteiger partial charge in [-0.05, 0) is 48.0 Å². The molecule has 0 amide bonds. The van der Waals surface area contributed by atoms with Gasteiger partial charge in [-0.2, -0.15) is 0 Å². The van der Waals surface area contributed by atoms with Crippen LogP contribution in [-0.4, -0.2) is 41.3 Å². The van der Waals surface area contributed by atoms with Gasteiger partial charge in [-0.15, -0.1) is 5.10 Å². The lowest BCUT2D eigenvalue weighted by Gasteiger charge is -2.10. The Hall–Kier alpha value is -2.03. The van der Waals surface area contributed by atoms with E-state index in [1.165, 1.54) is 30.7 Å². The van der Waals surface area contributed by atoms with Gasteiger partial charge >= 0.3 is 5.97 Å². The zero-order chi connectivity index (χ0) is 14.8. The van der Waals surface area contributed by atoms with E-state index in [0.29, 0.717) is 22.0 Å². The van der Waals surface area contributed by atoms with Crippen molar-refractivity contribution in [2.45, 2.75) is 49.0 Å². The maximum atomic E-state index is 11.0. The summed E-state index contributed by atoms with van der Waals surface area (Å²) in [6.07, 6.45) is 4.48. The van der Waals surface area contributed by atoms with Crippen LogP contribution in [0.15, 0.2) is 16.4 Å². The molecule has 0 aliphatic heterocycles. The molecule has 0 atom stereocenters. The summed E-state index contributed by atoms with van der Waals surface area (Å²) in [6.45, 7) is 1.73. The third-order valence-corrected chi connectivity index (χ3v) is 4.19. The molecular formula is C12H14N6O2S. The third-order valence-electron chi connectivity index (χ3n) is 3.37. The van der Waals surface area contributed by atoms with Crippen molar-refractivity contribution in [1.29, 1.82) is 0 Å². The third kappa shape index (κ3) is 3.02. The Labute approximate surface area is 125 Å². The lowest BCUT2D eigenvalue weighted by atomic mass is 10.3. The molecular weight excluding hydrogens is 292 g/mol. The largest absolute Gasteiger partial charge is 0.477 e. The first-order valence-electron chi connectivity index (χ1n) is 6.68. The molecule has 1 aliphatic carbocycles. The molecule has 3 rings (SSSR count). The summed E-state index contributed by atoms with van der Waals surface area (Å²) in [5.41, 5.74) is 0.578. The highest BCUT2D eigenvalue weighted by molar-refractivity contribution is 7.99. The summed E-state index contributed by atoms with van der Waals surface area (Å²) >= 11 is 1.19. The van der Waals surface area contributed by atoms with Gasteiger partial charge in [-0.25, -0.2) is 19.4 Å². The van der Waals surface area contributed by atoms with Gasteiger partial charge in [0.1, 0.15) is 0 Å². The van der Waals surface area contributed by atoms with Crippen molar-refractivity contribution in [3.8, 4) is 0 Å². The second-order valence-corrected chi connectivity index (χ2v) is 5.86. The number of hydrogen-bond acceptors (Lipinski definition) is 7. The van der Waals surface area contributed by atoms with E-state index in [1.807, 2.05) is 0 Å². The number of hydrogen-bond donors (Lipinski definition) is 1. The molecule has 1 aliphatic rings. The van der Waals surface area contributed by atoms with Crippen LogP contribution in [0.5, 0.6) is 0 Å². The molecule has 0 unspecified atom stereocenters. The molecule has 8 nitrogen and oxygen atoms in total. The quantitative estimate of drug-likeness (QED) is 0.851. The van der Waals surface area contributed by atoms with Gasteiger partial charge in [0.15, 0.2) is 10.9 Å². The van der Waals surface area contributed by atoms with Crippen molar-refractivity contribution in [2.24, 2.45) is 0 Å². The number of rotatable bonds is 4. The Morgan fingerprint density at radius 3 is 2.86 bits per heavy atom. The van der Waals surface area contributed by atoms with Crippen LogP contribution in [0.25, 0.3) is 0 Å². The number of carboxylic acids is 1. The summed E-state index contributed by atoms with van der Waals surface area (Å²) in [5, 5.41) is 21.7. The van der Waals surface area contributed by atoms with E-state index < -0.39 is 5.97 Å². The molecule has 2 aromatic rings. The first kappa shape index (κ1) is 13.9. The summed E-state index contributed by atoms with van der Waals surface area (Å²) in [5.74, 6) is -1.07. The maximum absolute atomic E-state index is 11.0. The Kier molecular flexibility index (Phi) is 3.82. The predicted molar refractivity (Wildman–Crippen MR) is 73.2 cm³/mol. The summed E-state index contributed by atoms with van der Waals surface area (Å²) in [6, 6.07) is 1.75. The van der Waals surface area contributed by atoms with Crippen molar-refractivity contribution in [3.05, 3.63) is 17.5 Å². The molecule has 1 saturated carbocycles. The van der Waals surface area contributed by atoms with E-state index in [-0.39, 0.29) is 5.69 Å². The van der Waals surface area contributed by atoms with Crippen LogP contribution in [-0.2, 0) is 0 Å². The first-order valence-corrected chi connectivity index (χ1v) is 7.50. The van der Waals surface area contributed by atoms with Gasteiger partial charge in [-0.3, -0.25) is 0 Å². The minimum Gasteiger partial charge on any atom is -0.477 e. The van der Waals surface area contributed by atoms with Crippen LogP contribution >= 0.6 is 11.8 Å². The van der Waals surface area contributed by atoms with E-state index in [9.17, 15) is 4.79 Å². The summed E-state index contributed by atoms with van der Waals surface area (Å²) in [7, 11) is 0. The maximum Gasteiger partial charge on any atom is 0.354 e. The first-order chi connectivity index (χ1) is 10.1. The SMILES string of the molecule is Cc1cc(C(=O)O)nc(Sc2nnnn2C2CCCC2)n1. The van der Waals surface area contributed by atoms with Crippen LogP contribution in [0, 0.1) is 6.92 Å². The van der Waals surface area contributed by atoms with Crippen molar-refractivity contribution in [2.75, 3.05) is 0 Å². The van der Waals surface area contributed by atoms with Gasteiger partial charge in [0.25, 0.3) is 0 Å². The van der Waals surface area contributed by atoms with Gasteiger partial charge in [0, 0.05) is 5.69 Å². The van der Waals surface area contributed by atoms with Gasteiger partial charge in [-0.1, -0.05) is 12.8 Å². The number of aromatic nitrogens is 6. The zero-order valence-corrected chi connectivity index (χ0v) is 12.2. The number of carboxylic acid groups (broad SMARTS) is 1. The van der Waals surface area contributed by atoms with Crippen molar-refractivity contribution in [3.63, 3.8) is 0 Å². The predicted octanol–water partition coefficient (Wildman–Crippen LogP) is 1.74. The zero-order valence-electron chi connectivity index (χ0n) is 11.4. The molecule has 9 heteroatoms. The Morgan fingerprint density at radius 2 is 2.14 bits per heavy atom. The molecule has 0 bridgehead atoms. The monoisotopic (exact) mass is 306 g/mol. The second kappa shape index (κ2) is 5.76. The number of aryl methyl sites for hydroxylation is 1. The number of carbonyl (C=O) groups is 1. The van der Waals surface area contributed by atoms with Crippen LogP contribution < -0.4 is 0 Å². The minimum atomic E-state index is -1.07. The van der Waals surface area contributed by atoms with Crippen molar-refractivity contribution >= 4 is 17.7 Å². The Morgan fingerprint density at radius 1 is 1.38 bits per heavy atom. The summed E-state index contributed by atoms with van der Waals surface area (Å²) in [4.78, 5) is 19.3. The molecule has 2 heterocycles. The van der Waals surface area contributed by atoms with Gasteiger partial charge in [0.05, 0.1) is 6.04 Å². The Bertz CT molecular complexity index is 668. The molecule has 1 fully saturated rings. The molecule has 0 aromatic carbocycles. The molecule has 0 saturated heterocycles. The van der Waals surface area contributed by atoms with Crippen LogP contribution in [0.2, 0.25) is 0 Å². The van der Waals surface area contributed by atoms with Crippen LogP contribution in [0.4, 0.5) is 0 Å². The molecule has 1 N–H and O–H groups in total. The molecule has 2 aromatic heterocycles. The number of tetrazole rings is 1. The fourth-order valence-corrected chi connectivity index (χ4v) is 3.26. The number of aromatic carboxylic acids is 1. The van der Waals surface area contributed by atoms with Crippen molar-refractivity contribution < 1.29 is 9.90 Å². The Balaban J connectivity index is 1.87. The van der Waals surface area contributed by atoms with E-state index in [1.54, 1.807) is 11.6 Å². The molecule has 110 valence electrons. The van der Waals surface area contributed by atoms with E-state index >= 15 is 0 Å². The van der Waals surface area contributed by atoms with E-state index in [0.717, 1.165) is 12.8 Å². The van der Waals surface area contributed by atoms with Gasteiger partial charge < -0.3 is 5.11 Å². The second-order valence-electron chi connectivity index (χ2n) is 4.93. The standard InChI is InChI=1S/C12H14N6O2S/c1-7-6-9(10(19)20)14-11(13-7)21-12-15-16-17-18(12)8-4-2-3-5-8/h6,8H,2-5H2,1H3,(H,19,20). The normalized spacial score (nSPS) is 15.5. The number of nitrogens with zero attached hydrogens (tertiary/aromatic N) is 6. The smallest absolute Gasteiger partial charge is 0.354 e. The highest BCUT2D eigenvalue weighted by atomic mass is 32.2. The summed E-state index contributed by atoms with van der Waals surface area (Å²) < 4.78 is 1.80. The van der Waals surface area contributed by atoms with Gasteiger partial charge in [0.2, 0.25) is 5.16 Å². The lowest BCUT2D eigenvalue weighted by Crippen LogP contribution is -2.09. The van der Waals surface area contributed by atoms with E-state index in [2.05, 4.69) is 25.5 Å².